The fraction of sp³-hybridized carbons (Fsp3) is 0.417. The first-order chi connectivity index (χ1) is 8.24. The lowest BCUT2D eigenvalue weighted by molar-refractivity contribution is 0.353. The molecule has 0 saturated heterocycles. The van der Waals surface area contributed by atoms with Gasteiger partial charge in [0.1, 0.15) is 0 Å². The minimum atomic E-state index is 0. The average molecular weight is 363 g/mol. The highest BCUT2D eigenvalue weighted by Crippen LogP contribution is 2.28. The van der Waals surface area contributed by atoms with Crippen molar-refractivity contribution in [3.05, 3.63) is 23.8 Å². The Labute approximate surface area is 124 Å². The molecule has 0 radical (unpaired) electrons. The Balaban J connectivity index is 0.00000162. The van der Waals surface area contributed by atoms with Crippen molar-refractivity contribution in [3.63, 3.8) is 0 Å². The molecule has 1 aliphatic heterocycles. The molecule has 0 aromatic heterocycles. The molecular weight excluding hydrogens is 345 g/mol. The molecule has 0 saturated carbocycles. The van der Waals surface area contributed by atoms with E-state index in [1.807, 2.05) is 23.1 Å². The normalized spacial score (nSPS) is 13.9. The first-order valence-electron chi connectivity index (χ1n) is 5.50. The lowest BCUT2D eigenvalue weighted by atomic mass is 10.2. The van der Waals surface area contributed by atoms with E-state index < -0.39 is 0 Å². The van der Waals surface area contributed by atoms with Crippen LogP contribution >= 0.6 is 24.0 Å². The van der Waals surface area contributed by atoms with Gasteiger partial charge in [0.15, 0.2) is 17.5 Å². The van der Waals surface area contributed by atoms with Gasteiger partial charge in [0.25, 0.3) is 0 Å². The number of rotatable bonds is 4. The highest BCUT2D eigenvalue weighted by molar-refractivity contribution is 14.0. The number of aliphatic imine (C=N–C) groups is 1. The van der Waals surface area contributed by atoms with Gasteiger partial charge in [0.2, 0.25) is 0 Å². The number of nitrogens with zero attached hydrogens (tertiary/aromatic N) is 2. The van der Waals surface area contributed by atoms with Crippen molar-refractivity contribution in [1.82, 2.24) is 4.90 Å². The van der Waals surface area contributed by atoms with Crippen LogP contribution in [0, 0.1) is 0 Å². The molecule has 1 aliphatic rings. The highest BCUT2D eigenvalue weighted by atomic mass is 127. The number of halogens is 1. The summed E-state index contributed by atoms with van der Waals surface area (Å²) in [5.74, 6) is 2.08. The molecule has 0 amide bonds. The van der Waals surface area contributed by atoms with Crippen LogP contribution in [-0.2, 0) is 6.54 Å². The summed E-state index contributed by atoms with van der Waals surface area (Å²) in [5, 5.41) is 0. The van der Waals surface area contributed by atoms with E-state index in [0.717, 1.165) is 36.7 Å². The molecule has 0 bridgehead atoms. The molecule has 0 spiro atoms. The second kappa shape index (κ2) is 6.67. The number of hydrogen-bond acceptors (Lipinski definition) is 5. The first kappa shape index (κ1) is 14.9. The number of guanidine groups is 1. The van der Waals surface area contributed by atoms with Crippen molar-refractivity contribution >= 4 is 29.9 Å². The van der Waals surface area contributed by atoms with Crippen LogP contribution in [-0.4, -0.2) is 38.2 Å². The Kier molecular flexibility index (Phi) is 5.52. The molecule has 0 unspecified atom stereocenters. The number of methoxy groups -OCH3 is 2. The zero-order chi connectivity index (χ0) is 12.3. The molecular formula is C12H18IN3O2. The predicted molar refractivity (Wildman–Crippen MR) is 81.9 cm³/mol. The van der Waals surface area contributed by atoms with E-state index in [1.54, 1.807) is 14.2 Å². The maximum absolute atomic E-state index is 5.77. The average Bonchev–Trinajstić information content (AvgIpc) is 2.75. The Bertz CT molecular complexity index is 437. The van der Waals surface area contributed by atoms with Crippen LogP contribution in [0.5, 0.6) is 11.5 Å². The van der Waals surface area contributed by atoms with Gasteiger partial charge in [-0.05, 0) is 17.7 Å². The van der Waals surface area contributed by atoms with E-state index in [-0.39, 0.29) is 24.0 Å². The van der Waals surface area contributed by atoms with Gasteiger partial charge in [0.05, 0.1) is 20.8 Å². The first-order valence-corrected chi connectivity index (χ1v) is 5.50. The van der Waals surface area contributed by atoms with Crippen LogP contribution in [0.15, 0.2) is 23.2 Å². The summed E-state index contributed by atoms with van der Waals surface area (Å²) < 4.78 is 10.5. The standard InChI is InChI=1S/C12H17N3O2.HI/c1-16-10-4-3-9(7-11(10)17-2)8-15-6-5-14-12(15)13;/h3-4,7H,5-6,8H2,1-2H3,(H2,13,14);1H. The molecule has 0 aliphatic carbocycles. The Morgan fingerprint density at radius 1 is 1.28 bits per heavy atom. The quantitative estimate of drug-likeness (QED) is 0.823. The van der Waals surface area contributed by atoms with Gasteiger partial charge in [-0.1, -0.05) is 6.07 Å². The topological polar surface area (TPSA) is 60.1 Å². The molecule has 6 heteroatoms. The van der Waals surface area contributed by atoms with Gasteiger partial charge in [-0.2, -0.15) is 0 Å². The summed E-state index contributed by atoms with van der Waals surface area (Å²) in [6.07, 6.45) is 0. The Hall–Kier alpha value is -1.18. The van der Waals surface area contributed by atoms with Gasteiger partial charge in [-0.25, -0.2) is 0 Å². The van der Waals surface area contributed by atoms with Crippen molar-refractivity contribution in [3.8, 4) is 11.5 Å². The Morgan fingerprint density at radius 3 is 2.56 bits per heavy atom. The minimum absolute atomic E-state index is 0. The van der Waals surface area contributed by atoms with Crippen molar-refractivity contribution in [2.45, 2.75) is 6.54 Å². The smallest absolute Gasteiger partial charge is 0.191 e. The second-order valence-corrected chi connectivity index (χ2v) is 3.85. The molecule has 2 N–H and O–H groups in total. The maximum atomic E-state index is 5.77. The molecule has 18 heavy (non-hydrogen) atoms. The summed E-state index contributed by atoms with van der Waals surface area (Å²) in [7, 11) is 3.26. The van der Waals surface area contributed by atoms with Gasteiger partial charge < -0.3 is 20.1 Å². The monoisotopic (exact) mass is 363 g/mol. The van der Waals surface area contributed by atoms with E-state index in [9.17, 15) is 0 Å². The van der Waals surface area contributed by atoms with Crippen LogP contribution in [0.1, 0.15) is 5.56 Å². The summed E-state index contributed by atoms with van der Waals surface area (Å²) in [4.78, 5) is 6.20. The third-order valence-corrected chi connectivity index (χ3v) is 2.79. The summed E-state index contributed by atoms with van der Waals surface area (Å²) in [6, 6.07) is 5.87. The number of hydrogen-bond donors (Lipinski definition) is 1. The fourth-order valence-corrected chi connectivity index (χ4v) is 1.86. The molecule has 0 atom stereocenters. The highest BCUT2D eigenvalue weighted by Gasteiger charge is 2.14. The molecule has 1 aromatic rings. The van der Waals surface area contributed by atoms with Gasteiger partial charge in [-0.15, -0.1) is 24.0 Å². The molecule has 5 nitrogen and oxygen atoms in total. The molecule has 1 heterocycles. The van der Waals surface area contributed by atoms with Crippen LogP contribution in [0.2, 0.25) is 0 Å². The van der Waals surface area contributed by atoms with E-state index in [2.05, 4.69) is 4.99 Å². The Morgan fingerprint density at radius 2 is 2.00 bits per heavy atom. The molecule has 0 fully saturated rings. The van der Waals surface area contributed by atoms with E-state index >= 15 is 0 Å². The third kappa shape index (κ3) is 3.18. The summed E-state index contributed by atoms with van der Waals surface area (Å²) in [6.45, 7) is 2.40. The second-order valence-electron chi connectivity index (χ2n) is 3.85. The van der Waals surface area contributed by atoms with Crippen molar-refractivity contribution in [1.29, 1.82) is 0 Å². The van der Waals surface area contributed by atoms with Crippen molar-refractivity contribution in [2.24, 2.45) is 10.7 Å². The van der Waals surface area contributed by atoms with Crippen LogP contribution in [0.4, 0.5) is 0 Å². The van der Waals surface area contributed by atoms with Crippen LogP contribution < -0.4 is 15.2 Å². The SMILES string of the molecule is COc1ccc(CN2CCN=C2N)cc1OC.I. The third-order valence-electron chi connectivity index (χ3n) is 2.79. The van der Waals surface area contributed by atoms with Crippen LogP contribution in [0.3, 0.4) is 0 Å². The zero-order valence-corrected chi connectivity index (χ0v) is 12.9. The van der Waals surface area contributed by atoms with Gasteiger partial charge >= 0.3 is 0 Å². The van der Waals surface area contributed by atoms with E-state index in [0.29, 0.717) is 5.96 Å². The number of nitrogens with two attached hydrogens (primary N) is 1. The summed E-state index contributed by atoms with van der Waals surface area (Å²) in [5.41, 5.74) is 6.90. The van der Waals surface area contributed by atoms with Gasteiger partial charge in [0, 0.05) is 13.1 Å². The number of ether oxygens (including phenoxy) is 2. The lowest BCUT2D eigenvalue weighted by Gasteiger charge is -2.18. The fourth-order valence-electron chi connectivity index (χ4n) is 1.86. The zero-order valence-electron chi connectivity index (χ0n) is 10.5. The number of benzene rings is 1. The molecule has 1 aromatic carbocycles. The predicted octanol–water partition coefficient (Wildman–Crippen LogP) is 1.45. The lowest BCUT2D eigenvalue weighted by Crippen LogP contribution is -2.33. The summed E-state index contributed by atoms with van der Waals surface area (Å²) >= 11 is 0. The van der Waals surface area contributed by atoms with Crippen LogP contribution in [0.25, 0.3) is 0 Å². The van der Waals surface area contributed by atoms with Crippen molar-refractivity contribution in [2.75, 3.05) is 27.3 Å². The molecule has 100 valence electrons. The molecule has 2 rings (SSSR count). The maximum Gasteiger partial charge on any atom is 0.191 e. The minimum Gasteiger partial charge on any atom is -0.493 e. The van der Waals surface area contributed by atoms with Gasteiger partial charge in [-0.3, -0.25) is 4.99 Å². The van der Waals surface area contributed by atoms with E-state index in [1.165, 1.54) is 0 Å². The van der Waals surface area contributed by atoms with E-state index in [4.69, 9.17) is 15.2 Å². The van der Waals surface area contributed by atoms with Crippen molar-refractivity contribution < 1.29 is 9.47 Å². The largest absolute Gasteiger partial charge is 0.493 e.